The predicted octanol–water partition coefficient (Wildman–Crippen LogP) is 3.78. The second-order valence-electron chi connectivity index (χ2n) is 5.99. The number of carbonyl (C=O) groups is 1. The van der Waals surface area contributed by atoms with Crippen LogP contribution in [0.2, 0.25) is 0 Å². The number of benzene rings is 2. The number of thiazole rings is 1. The zero-order valence-electron chi connectivity index (χ0n) is 13.7. The molecule has 0 atom stereocenters. The van der Waals surface area contributed by atoms with Crippen molar-refractivity contribution in [3.05, 3.63) is 75.7 Å². The molecule has 124 valence electrons. The highest BCUT2D eigenvalue weighted by Gasteiger charge is 2.14. The average molecular weight is 349 g/mol. The maximum Gasteiger partial charge on any atom is 0.282 e. The largest absolute Gasteiger partial charge is 0.316 e. The zero-order valence-corrected chi connectivity index (χ0v) is 14.6. The predicted molar refractivity (Wildman–Crippen MR) is 101 cm³/mol. The van der Waals surface area contributed by atoms with Crippen molar-refractivity contribution in [2.24, 2.45) is 0 Å². The van der Waals surface area contributed by atoms with Crippen LogP contribution < -0.4 is 10.9 Å². The average Bonchev–Trinajstić information content (AvgIpc) is 2.96. The SMILES string of the molecule is Cc1ccc(C(=O)Nc2cnc3sc4cc(C)ccc4n3c2=O)cc1. The van der Waals surface area contributed by atoms with Crippen LogP contribution in [-0.2, 0) is 0 Å². The molecule has 0 bridgehead atoms. The molecule has 2 aromatic heterocycles. The van der Waals surface area contributed by atoms with Crippen LogP contribution in [-0.4, -0.2) is 15.3 Å². The summed E-state index contributed by atoms with van der Waals surface area (Å²) in [6.07, 6.45) is 1.42. The molecule has 0 spiro atoms. The zero-order chi connectivity index (χ0) is 17.6. The molecule has 0 radical (unpaired) electrons. The highest BCUT2D eigenvalue weighted by molar-refractivity contribution is 7.23. The van der Waals surface area contributed by atoms with Crippen molar-refractivity contribution in [1.82, 2.24) is 9.38 Å². The Bertz CT molecular complexity index is 1170. The first kappa shape index (κ1) is 15.5. The monoisotopic (exact) mass is 349 g/mol. The Kier molecular flexibility index (Phi) is 3.62. The fourth-order valence-electron chi connectivity index (χ4n) is 2.70. The molecule has 0 saturated carbocycles. The first-order chi connectivity index (χ1) is 12.0. The van der Waals surface area contributed by atoms with Gasteiger partial charge < -0.3 is 5.32 Å². The summed E-state index contributed by atoms with van der Waals surface area (Å²) in [5.41, 5.74) is 3.39. The quantitative estimate of drug-likeness (QED) is 0.599. The number of nitrogens with one attached hydrogen (secondary N) is 1. The third kappa shape index (κ3) is 2.70. The van der Waals surface area contributed by atoms with Crippen molar-refractivity contribution in [1.29, 1.82) is 0 Å². The van der Waals surface area contributed by atoms with E-state index in [0.717, 1.165) is 21.3 Å². The molecule has 6 heteroatoms. The van der Waals surface area contributed by atoms with Crippen molar-refractivity contribution in [2.45, 2.75) is 13.8 Å². The number of hydrogen-bond donors (Lipinski definition) is 1. The molecule has 0 aliphatic heterocycles. The van der Waals surface area contributed by atoms with Gasteiger partial charge in [0.15, 0.2) is 4.96 Å². The summed E-state index contributed by atoms with van der Waals surface area (Å²) in [5, 5.41) is 2.67. The molecule has 2 aromatic carbocycles. The first-order valence-corrected chi connectivity index (χ1v) is 8.63. The van der Waals surface area contributed by atoms with Gasteiger partial charge in [0.05, 0.1) is 16.4 Å². The molecule has 0 saturated heterocycles. The van der Waals surface area contributed by atoms with E-state index in [9.17, 15) is 9.59 Å². The fourth-order valence-corrected chi connectivity index (χ4v) is 3.78. The van der Waals surface area contributed by atoms with Gasteiger partial charge in [-0.05, 0) is 43.7 Å². The molecule has 5 nitrogen and oxygen atoms in total. The summed E-state index contributed by atoms with van der Waals surface area (Å²) in [4.78, 5) is 30.1. The van der Waals surface area contributed by atoms with Gasteiger partial charge in [0.1, 0.15) is 5.69 Å². The van der Waals surface area contributed by atoms with Crippen molar-refractivity contribution in [3.63, 3.8) is 0 Å². The minimum Gasteiger partial charge on any atom is -0.316 e. The molecule has 4 rings (SSSR count). The number of hydrogen-bond acceptors (Lipinski definition) is 4. The van der Waals surface area contributed by atoms with Gasteiger partial charge in [-0.2, -0.15) is 0 Å². The van der Waals surface area contributed by atoms with Gasteiger partial charge in [0.25, 0.3) is 11.5 Å². The minimum atomic E-state index is -0.325. The van der Waals surface area contributed by atoms with E-state index in [2.05, 4.69) is 10.3 Å². The molecule has 25 heavy (non-hydrogen) atoms. The Morgan fingerprint density at radius 3 is 2.56 bits per heavy atom. The Hall–Kier alpha value is -2.99. The van der Waals surface area contributed by atoms with E-state index in [1.165, 1.54) is 17.5 Å². The standard InChI is InChI=1S/C19H15N3O2S/c1-11-3-6-13(7-4-11)17(23)21-14-10-20-19-22(18(14)24)15-8-5-12(2)9-16(15)25-19/h3-10H,1-2H3,(H,21,23). The van der Waals surface area contributed by atoms with Crippen molar-refractivity contribution < 1.29 is 4.79 Å². The molecule has 0 aliphatic rings. The molecule has 0 aliphatic carbocycles. The lowest BCUT2D eigenvalue weighted by Gasteiger charge is -2.05. The summed E-state index contributed by atoms with van der Waals surface area (Å²) in [6.45, 7) is 3.96. The minimum absolute atomic E-state index is 0.170. The van der Waals surface area contributed by atoms with Crippen LogP contribution in [0.4, 0.5) is 5.69 Å². The fraction of sp³-hybridized carbons (Fsp3) is 0.105. The topological polar surface area (TPSA) is 63.5 Å². The lowest BCUT2D eigenvalue weighted by atomic mass is 10.1. The van der Waals surface area contributed by atoms with Crippen LogP contribution in [0.5, 0.6) is 0 Å². The second kappa shape index (κ2) is 5.82. The highest BCUT2D eigenvalue weighted by atomic mass is 32.1. The Morgan fingerprint density at radius 1 is 1.08 bits per heavy atom. The number of fused-ring (bicyclic) bond motifs is 3. The van der Waals surface area contributed by atoms with Gasteiger partial charge in [-0.25, -0.2) is 9.38 Å². The molecule has 2 heterocycles. The first-order valence-electron chi connectivity index (χ1n) is 7.82. The van der Waals surface area contributed by atoms with Crippen LogP contribution >= 0.6 is 11.3 Å². The lowest BCUT2D eigenvalue weighted by Crippen LogP contribution is -2.22. The molecule has 4 aromatic rings. The van der Waals surface area contributed by atoms with Crippen molar-refractivity contribution >= 4 is 38.1 Å². The van der Waals surface area contributed by atoms with Crippen LogP contribution in [0.15, 0.2) is 53.5 Å². The Labute approximate surface area is 147 Å². The van der Waals surface area contributed by atoms with Crippen LogP contribution in [0.1, 0.15) is 21.5 Å². The van der Waals surface area contributed by atoms with E-state index >= 15 is 0 Å². The van der Waals surface area contributed by atoms with Crippen molar-refractivity contribution in [3.8, 4) is 0 Å². The van der Waals surface area contributed by atoms with Crippen LogP contribution in [0.3, 0.4) is 0 Å². The number of carbonyl (C=O) groups excluding carboxylic acids is 1. The Morgan fingerprint density at radius 2 is 1.80 bits per heavy atom. The number of aryl methyl sites for hydroxylation is 2. The number of rotatable bonds is 2. The number of amides is 1. The summed E-state index contributed by atoms with van der Waals surface area (Å²) < 4.78 is 2.54. The number of nitrogens with zero attached hydrogens (tertiary/aromatic N) is 2. The van der Waals surface area contributed by atoms with Gasteiger partial charge >= 0.3 is 0 Å². The molecule has 0 fully saturated rings. The van der Waals surface area contributed by atoms with Gasteiger partial charge in [0, 0.05) is 5.56 Å². The Balaban J connectivity index is 1.79. The number of aromatic nitrogens is 2. The maximum absolute atomic E-state index is 12.8. The second-order valence-corrected chi connectivity index (χ2v) is 7.00. The van der Waals surface area contributed by atoms with Crippen LogP contribution in [0, 0.1) is 13.8 Å². The van der Waals surface area contributed by atoms with Gasteiger partial charge in [0.2, 0.25) is 0 Å². The summed E-state index contributed by atoms with van der Waals surface area (Å²) >= 11 is 1.45. The van der Waals surface area contributed by atoms with Gasteiger partial charge in [-0.3, -0.25) is 9.59 Å². The number of anilines is 1. The highest BCUT2D eigenvalue weighted by Crippen LogP contribution is 2.25. The van der Waals surface area contributed by atoms with E-state index < -0.39 is 0 Å². The van der Waals surface area contributed by atoms with Gasteiger partial charge in [-0.1, -0.05) is 35.1 Å². The van der Waals surface area contributed by atoms with E-state index in [0.29, 0.717) is 10.5 Å². The molecule has 1 amide bonds. The lowest BCUT2D eigenvalue weighted by molar-refractivity contribution is 0.102. The van der Waals surface area contributed by atoms with E-state index in [1.54, 1.807) is 16.5 Å². The van der Waals surface area contributed by atoms with E-state index in [4.69, 9.17) is 0 Å². The smallest absolute Gasteiger partial charge is 0.282 e. The van der Waals surface area contributed by atoms with Crippen molar-refractivity contribution in [2.75, 3.05) is 5.32 Å². The normalized spacial score (nSPS) is 11.1. The van der Waals surface area contributed by atoms with E-state index in [1.807, 2.05) is 44.2 Å². The summed E-state index contributed by atoms with van der Waals surface area (Å²) in [6, 6.07) is 13.1. The maximum atomic E-state index is 12.8. The molecular weight excluding hydrogens is 334 g/mol. The third-order valence-electron chi connectivity index (χ3n) is 4.05. The third-order valence-corrected chi connectivity index (χ3v) is 5.07. The summed E-state index contributed by atoms with van der Waals surface area (Å²) in [7, 11) is 0. The molecule has 1 N–H and O–H groups in total. The van der Waals surface area contributed by atoms with Gasteiger partial charge in [-0.15, -0.1) is 0 Å². The van der Waals surface area contributed by atoms with E-state index in [-0.39, 0.29) is 17.2 Å². The summed E-state index contributed by atoms with van der Waals surface area (Å²) in [5.74, 6) is -0.325. The van der Waals surface area contributed by atoms with Crippen LogP contribution in [0.25, 0.3) is 15.2 Å². The molecule has 0 unspecified atom stereocenters. The molecular formula is C19H15N3O2S.